The zero-order valence-corrected chi connectivity index (χ0v) is 18.8. The van der Waals surface area contributed by atoms with Gasteiger partial charge in [0, 0.05) is 36.3 Å². The van der Waals surface area contributed by atoms with E-state index in [1.165, 1.54) is 0 Å². The van der Waals surface area contributed by atoms with Gasteiger partial charge >= 0.3 is 0 Å². The second kappa shape index (κ2) is 12.1. The quantitative estimate of drug-likeness (QED) is 0.342. The van der Waals surface area contributed by atoms with Crippen LogP contribution in [-0.4, -0.2) is 28.7 Å². The molecule has 0 atom stereocenters. The van der Waals surface area contributed by atoms with Gasteiger partial charge < -0.3 is 5.32 Å². The lowest BCUT2D eigenvalue weighted by Gasteiger charge is -2.05. The Kier molecular flexibility index (Phi) is 9.78. The molecule has 0 radical (unpaired) electrons. The molecule has 0 bridgehead atoms. The summed E-state index contributed by atoms with van der Waals surface area (Å²) in [6.45, 7) is 4.34. The van der Waals surface area contributed by atoms with Crippen molar-refractivity contribution in [2.75, 3.05) is 7.05 Å². The molecule has 2 aromatic rings. The van der Waals surface area contributed by atoms with E-state index >= 15 is 0 Å². The van der Waals surface area contributed by atoms with Crippen molar-refractivity contribution >= 4 is 34.4 Å². The summed E-state index contributed by atoms with van der Waals surface area (Å²) in [5.74, 6) is 0.767. The van der Waals surface area contributed by atoms with Gasteiger partial charge in [-0.2, -0.15) is 0 Å². The number of rotatable bonds is 13. The molecule has 28 heavy (non-hydrogen) atoms. The third kappa shape index (κ3) is 7.43. The zero-order valence-electron chi connectivity index (χ0n) is 17.1. The molecule has 0 aromatic carbocycles. The van der Waals surface area contributed by atoms with E-state index in [9.17, 15) is 9.59 Å². The summed E-state index contributed by atoms with van der Waals surface area (Å²) >= 11 is 3.18. The van der Waals surface area contributed by atoms with E-state index in [1.807, 2.05) is 5.38 Å². The van der Waals surface area contributed by atoms with E-state index in [1.54, 1.807) is 35.9 Å². The molecule has 0 saturated carbocycles. The predicted octanol–water partition coefficient (Wildman–Crippen LogP) is 5.51. The van der Waals surface area contributed by atoms with Crippen LogP contribution >= 0.6 is 22.7 Å². The van der Waals surface area contributed by atoms with Crippen molar-refractivity contribution < 1.29 is 9.59 Å². The lowest BCUT2D eigenvalue weighted by molar-refractivity contribution is -0.120. The summed E-state index contributed by atoms with van der Waals surface area (Å²) in [6.07, 6.45) is 10.0. The van der Waals surface area contributed by atoms with Gasteiger partial charge in [-0.1, -0.05) is 39.5 Å². The minimum atomic E-state index is 0.114. The van der Waals surface area contributed by atoms with Gasteiger partial charge in [-0.05, 0) is 25.2 Å². The minimum Gasteiger partial charge on any atom is -0.359 e. The number of hydrogen-bond donors (Lipinski definition) is 1. The Balaban J connectivity index is 1.79. The number of ketones is 1. The largest absolute Gasteiger partial charge is 0.359 e. The van der Waals surface area contributed by atoms with Crippen molar-refractivity contribution in [1.82, 2.24) is 15.3 Å². The topological polar surface area (TPSA) is 72.0 Å². The Morgan fingerprint density at radius 1 is 1.04 bits per heavy atom. The molecule has 5 nitrogen and oxygen atoms in total. The van der Waals surface area contributed by atoms with E-state index in [4.69, 9.17) is 0 Å². The number of Topliss-reactive ketones (excluding diaryl/α,β-unsaturated/α-hetero) is 1. The highest BCUT2D eigenvalue weighted by Crippen LogP contribution is 2.31. The van der Waals surface area contributed by atoms with Crippen molar-refractivity contribution in [3.63, 3.8) is 0 Å². The predicted molar refractivity (Wildman–Crippen MR) is 117 cm³/mol. The molecular formula is C21H31N3O2S2. The van der Waals surface area contributed by atoms with Gasteiger partial charge in [0.25, 0.3) is 0 Å². The number of amides is 1. The Morgan fingerprint density at radius 3 is 2.32 bits per heavy atom. The number of hydrogen-bond acceptors (Lipinski definition) is 6. The number of aromatic nitrogens is 2. The van der Waals surface area contributed by atoms with Crippen LogP contribution in [0.15, 0.2) is 11.6 Å². The Hall–Kier alpha value is -1.60. The normalized spacial score (nSPS) is 11.1. The molecular weight excluding hydrogens is 390 g/mol. The van der Waals surface area contributed by atoms with Gasteiger partial charge in [-0.15, -0.1) is 22.7 Å². The van der Waals surface area contributed by atoms with Crippen LogP contribution in [-0.2, 0) is 11.2 Å². The second-order valence-electron chi connectivity index (χ2n) is 7.44. The molecule has 2 aromatic heterocycles. The molecule has 0 aliphatic carbocycles. The lowest BCUT2D eigenvalue weighted by Crippen LogP contribution is -2.16. The van der Waals surface area contributed by atoms with E-state index in [0.717, 1.165) is 59.8 Å². The number of carbonyl (C=O) groups is 2. The number of carbonyl (C=O) groups excluding carboxylic acids is 2. The van der Waals surface area contributed by atoms with Gasteiger partial charge in [-0.3, -0.25) is 9.59 Å². The standard InChI is InChI=1S/C21H31N3O2S2/c1-15(2)14-17-19(24-21(28-17)20-23-12-13-27-20)16(25)10-8-6-4-5-7-9-11-18(26)22-3/h12-13,15H,4-11,14H2,1-3H3,(H,22,26). The van der Waals surface area contributed by atoms with Crippen molar-refractivity contribution in [1.29, 1.82) is 0 Å². The van der Waals surface area contributed by atoms with Crippen LogP contribution in [0, 0.1) is 5.92 Å². The van der Waals surface area contributed by atoms with Crippen molar-refractivity contribution in [2.24, 2.45) is 5.92 Å². The first kappa shape index (κ1) is 22.7. The molecule has 0 spiro atoms. The highest BCUT2D eigenvalue weighted by molar-refractivity contribution is 7.20. The molecule has 1 N–H and O–H groups in total. The molecule has 7 heteroatoms. The maximum Gasteiger partial charge on any atom is 0.219 e. The van der Waals surface area contributed by atoms with Crippen LogP contribution in [0.4, 0.5) is 0 Å². The molecule has 0 saturated heterocycles. The molecule has 0 unspecified atom stereocenters. The summed E-state index contributed by atoms with van der Waals surface area (Å²) in [5, 5.41) is 6.35. The van der Waals surface area contributed by atoms with Crippen LogP contribution in [0.5, 0.6) is 0 Å². The van der Waals surface area contributed by atoms with Crippen LogP contribution in [0.1, 0.15) is 80.6 Å². The molecule has 0 aliphatic rings. The van der Waals surface area contributed by atoms with Gasteiger partial charge in [0.05, 0.1) is 0 Å². The molecule has 2 rings (SSSR count). The number of nitrogens with zero attached hydrogens (tertiary/aromatic N) is 2. The van der Waals surface area contributed by atoms with Crippen LogP contribution < -0.4 is 5.32 Å². The molecule has 0 aliphatic heterocycles. The SMILES string of the molecule is CNC(=O)CCCCCCCCC(=O)c1nc(-c2nccs2)sc1CC(C)C. The number of unbranched alkanes of at least 4 members (excludes halogenated alkanes) is 5. The first-order chi connectivity index (χ1) is 13.5. The average molecular weight is 422 g/mol. The highest BCUT2D eigenvalue weighted by atomic mass is 32.1. The van der Waals surface area contributed by atoms with E-state index < -0.39 is 0 Å². The smallest absolute Gasteiger partial charge is 0.219 e. The lowest BCUT2D eigenvalue weighted by atomic mass is 10.0. The maximum absolute atomic E-state index is 12.8. The van der Waals surface area contributed by atoms with E-state index in [0.29, 0.717) is 24.5 Å². The summed E-state index contributed by atoms with van der Waals surface area (Å²) in [6, 6.07) is 0. The third-order valence-electron chi connectivity index (χ3n) is 4.51. The fourth-order valence-electron chi connectivity index (χ4n) is 3.02. The minimum absolute atomic E-state index is 0.114. The van der Waals surface area contributed by atoms with Crippen LogP contribution in [0.2, 0.25) is 0 Å². The second-order valence-corrected chi connectivity index (χ2v) is 9.42. The number of nitrogens with one attached hydrogen (secondary N) is 1. The Morgan fingerprint density at radius 2 is 1.71 bits per heavy atom. The number of thiazole rings is 2. The Bertz CT molecular complexity index is 739. The molecule has 2 heterocycles. The summed E-state index contributed by atoms with van der Waals surface area (Å²) in [5.41, 5.74) is 0.662. The third-order valence-corrected chi connectivity index (χ3v) is 6.50. The highest BCUT2D eigenvalue weighted by Gasteiger charge is 2.20. The first-order valence-corrected chi connectivity index (χ1v) is 11.8. The molecule has 0 fully saturated rings. The van der Waals surface area contributed by atoms with Crippen LogP contribution in [0.3, 0.4) is 0 Å². The van der Waals surface area contributed by atoms with Gasteiger partial charge in [0.2, 0.25) is 5.91 Å². The zero-order chi connectivity index (χ0) is 20.4. The van der Waals surface area contributed by atoms with Crippen molar-refractivity contribution in [3.05, 3.63) is 22.1 Å². The first-order valence-electron chi connectivity index (χ1n) is 10.1. The monoisotopic (exact) mass is 421 g/mol. The van der Waals surface area contributed by atoms with E-state index in [-0.39, 0.29) is 11.7 Å². The summed E-state index contributed by atoms with van der Waals surface area (Å²) in [4.78, 5) is 34.0. The average Bonchev–Trinajstić information content (AvgIpc) is 3.32. The van der Waals surface area contributed by atoms with Gasteiger partial charge in [0.15, 0.2) is 15.8 Å². The fourth-order valence-corrected chi connectivity index (χ4v) is 4.99. The van der Waals surface area contributed by atoms with E-state index in [2.05, 4.69) is 29.1 Å². The van der Waals surface area contributed by atoms with Crippen molar-refractivity contribution in [3.8, 4) is 10.0 Å². The van der Waals surface area contributed by atoms with Crippen LogP contribution in [0.25, 0.3) is 10.0 Å². The summed E-state index contributed by atoms with van der Waals surface area (Å²) in [7, 11) is 1.67. The maximum atomic E-state index is 12.8. The van der Waals surface area contributed by atoms with Crippen molar-refractivity contribution in [2.45, 2.75) is 71.6 Å². The molecule has 154 valence electrons. The fraction of sp³-hybridized carbons (Fsp3) is 0.619. The van der Waals surface area contributed by atoms with Gasteiger partial charge in [0.1, 0.15) is 5.69 Å². The summed E-state index contributed by atoms with van der Waals surface area (Å²) < 4.78 is 0. The van der Waals surface area contributed by atoms with Gasteiger partial charge in [-0.25, -0.2) is 9.97 Å². The molecule has 1 amide bonds. The Labute approximate surface area is 176 Å².